The van der Waals surface area contributed by atoms with Gasteiger partial charge in [-0.25, -0.2) is 4.98 Å². The summed E-state index contributed by atoms with van der Waals surface area (Å²) in [4.78, 5) is 4.06. The van der Waals surface area contributed by atoms with Gasteiger partial charge >= 0.3 is 0 Å². The predicted octanol–water partition coefficient (Wildman–Crippen LogP) is 3.08. The maximum absolute atomic E-state index is 4.06. The Morgan fingerprint density at radius 1 is 1.22 bits per heavy atom. The smallest absolute Gasteiger partial charge is 0.0945 e. The van der Waals surface area contributed by atoms with Crippen LogP contribution < -0.4 is 5.32 Å². The molecule has 1 fully saturated rings. The number of rotatable bonds is 6. The van der Waals surface area contributed by atoms with Crippen LogP contribution in [0.4, 0.5) is 0 Å². The molecule has 3 atom stereocenters. The third-order valence-corrected chi connectivity index (χ3v) is 4.43. The highest BCUT2D eigenvalue weighted by molar-refractivity contribution is 4.79. The second-order valence-electron chi connectivity index (χ2n) is 5.93. The van der Waals surface area contributed by atoms with Crippen molar-refractivity contribution in [3.8, 4) is 0 Å². The van der Waals surface area contributed by atoms with Gasteiger partial charge in [0.15, 0.2) is 0 Å². The first-order valence-electron chi connectivity index (χ1n) is 7.45. The van der Waals surface area contributed by atoms with Crippen molar-refractivity contribution in [3.05, 3.63) is 18.7 Å². The van der Waals surface area contributed by atoms with Crippen LogP contribution >= 0.6 is 0 Å². The Kier molecular flexibility index (Phi) is 5.24. The second kappa shape index (κ2) is 6.93. The van der Waals surface area contributed by atoms with Crippen LogP contribution in [0.15, 0.2) is 18.7 Å². The first-order valence-corrected chi connectivity index (χ1v) is 7.45. The first kappa shape index (κ1) is 13.6. The fourth-order valence-corrected chi connectivity index (χ4v) is 2.88. The molecule has 102 valence electrons. The molecule has 1 saturated carbocycles. The number of unbranched alkanes of at least 4 members (excludes halogenated alkanes) is 1. The van der Waals surface area contributed by atoms with Crippen LogP contribution in [0.1, 0.15) is 46.0 Å². The Hall–Kier alpha value is -0.830. The molecule has 1 aromatic rings. The molecule has 0 spiro atoms. The molecule has 0 amide bonds. The summed E-state index contributed by atoms with van der Waals surface area (Å²) in [6, 6.07) is 0.768. The van der Waals surface area contributed by atoms with Crippen molar-refractivity contribution in [2.24, 2.45) is 11.8 Å². The summed E-state index contributed by atoms with van der Waals surface area (Å²) in [6.45, 7) is 7.06. The number of hydrogen-bond donors (Lipinski definition) is 1. The van der Waals surface area contributed by atoms with Crippen molar-refractivity contribution in [1.29, 1.82) is 0 Å². The van der Waals surface area contributed by atoms with E-state index in [4.69, 9.17) is 0 Å². The Morgan fingerprint density at radius 3 is 2.83 bits per heavy atom. The van der Waals surface area contributed by atoms with Crippen LogP contribution in [0.25, 0.3) is 0 Å². The standard InChI is InChI=1S/C15H27N3/c1-13-5-6-15(11-14(13)2)17-7-3-4-9-18-10-8-16-12-18/h8,10,12-15,17H,3-7,9,11H2,1-2H3. The van der Waals surface area contributed by atoms with E-state index in [2.05, 4.69) is 28.7 Å². The quantitative estimate of drug-likeness (QED) is 0.785. The van der Waals surface area contributed by atoms with Gasteiger partial charge in [-0.1, -0.05) is 13.8 Å². The average Bonchev–Trinajstić information content (AvgIpc) is 2.86. The summed E-state index contributed by atoms with van der Waals surface area (Å²) >= 11 is 0. The Morgan fingerprint density at radius 2 is 2.11 bits per heavy atom. The lowest BCUT2D eigenvalue weighted by Gasteiger charge is -2.32. The van der Waals surface area contributed by atoms with E-state index in [-0.39, 0.29) is 0 Å². The van der Waals surface area contributed by atoms with Crippen molar-refractivity contribution < 1.29 is 0 Å². The molecule has 1 aromatic heterocycles. The summed E-state index contributed by atoms with van der Waals surface area (Å²) in [7, 11) is 0. The number of nitrogens with zero attached hydrogens (tertiary/aromatic N) is 2. The minimum Gasteiger partial charge on any atom is -0.337 e. The molecule has 0 aromatic carbocycles. The summed E-state index contributed by atoms with van der Waals surface area (Å²) in [5.41, 5.74) is 0. The SMILES string of the molecule is CC1CCC(NCCCCn2ccnc2)CC1C. The summed E-state index contributed by atoms with van der Waals surface area (Å²) in [6.07, 6.45) is 12.4. The second-order valence-corrected chi connectivity index (χ2v) is 5.93. The fraction of sp³-hybridized carbons (Fsp3) is 0.800. The molecular formula is C15H27N3. The van der Waals surface area contributed by atoms with Gasteiger partial charge in [0.25, 0.3) is 0 Å². The van der Waals surface area contributed by atoms with Gasteiger partial charge in [0.05, 0.1) is 6.33 Å². The van der Waals surface area contributed by atoms with Gasteiger partial charge in [-0.15, -0.1) is 0 Å². The van der Waals surface area contributed by atoms with E-state index in [1.54, 1.807) is 0 Å². The molecule has 1 N–H and O–H groups in total. The maximum Gasteiger partial charge on any atom is 0.0945 e. The average molecular weight is 249 g/mol. The van der Waals surface area contributed by atoms with Crippen molar-refractivity contribution in [3.63, 3.8) is 0 Å². The van der Waals surface area contributed by atoms with Gasteiger partial charge < -0.3 is 9.88 Å². The third-order valence-electron chi connectivity index (χ3n) is 4.43. The molecule has 3 unspecified atom stereocenters. The Bertz CT molecular complexity index is 320. The summed E-state index contributed by atoms with van der Waals surface area (Å²) < 4.78 is 2.16. The van der Waals surface area contributed by atoms with Crippen LogP contribution in [0.3, 0.4) is 0 Å². The summed E-state index contributed by atoms with van der Waals surface area (Å²) in [5.74, 6) is 1.81. The zero-order chi connectivity index (χ0) is 12.8. The molecule has 3 nitrogen and oxygen atoms in total. The van der Waals surface area contributed by atoms with Gasteiger partial charge in [-0.3, -0.25) is 0 Å². The number of aryl methyl sites for hydroxylation is 1. The van der Waals surface area contributed by atoms with Gasteiger partial charge in [-0.2, -0.15) is 0 Å². The van der Waals surface area contributed by atoms with Gasteiger partial charge in [0.2, 0.25) is 0 Å². The van der Waals surface area contributed by atoms with E-state index in [1.165, 1.54) is 38.6 Å². The van der Waals surface area contributed by atoms with E-state index in [0.29, 0.717) is 0 Å². The van der Waals surface area contributed by atoms with Crippen molar-refractivity contribution in [2.75, 3.05) is 6.54 Å². The molecule has 1 aliphatic rings. The lowest BCUT2D eigenvalue weighted by molar-refractivity contribution is 0.226. The van der Waals surface area contributed by atoms with Crippen LogP contribution in [-0.4, -0.2) is 22.1 Å². The van der Waals surface area contributed by atoms with Crippen LogP contribution in [0.2, 0.25) is 0 Å². The molecule has 0 radical (unpaired) electrons. The first-order chi connectivity index (χ1) is 8.75. The van der Waals surface area contributed by atoms with E-state index in [1.807, 2.05) is 18.7 Å². The lowest BCUT2D eigenvalue weighted by Crippen LogP contribution is -2.36. The Labute approximate surface area is 111 Å². The van der Waals surface area contributed by atoms with Crippen molar-refractivity contribution in [1.82, 2.24) is 14.9 Å². The molecule has 3 heteroatoms. The maximum atomic E-state index is 4.06. The van der Waals surface area contributed by atoms with Crippen LogP contribution in [0, 0.1) is 11.8 Å². The number of imidazole rings is 1. The highest BCUT2D eigenvalue weighted by Gasteiger charge is 2.23. The van der Waals surface area contributed by atoms with E-state index < -0.39 is 0 Å². The third kappa shape index (κ3) is 4.13. The molecule has 0 saturated heterocycles. The topological polar surface area (TPSA) is 29.9 Å². The van der Waals surface area contributed by atoms with Gasteiger partial charge in [0.1, 0.15) is 0 Å². The van der Waals surface area contributed by atoms with Crippen molar-refractivity contribution in [2.45, 2.75) is 58.5 Å². The van der Waals surface area contributed by atoms with E-state index in [9.17, 15) is 0 Å². The zero-order valence-electron chi connectivity index (χ0n) is 11.8. The molecule has 2 rings (SSSR count). The monoisotopic (exact) mass is 249 g/mol. The number of aromatic nitrogens is 2. The van der Waals surface area contributed by atoms with Gasteiger partial charge in [-0.05, 0) is 50.5 Å². The number of nitrogens with one attached hydrogen (secondary N) is 1. The highest BCUT2D eigenvalue weighted by Crippen LogP contribution is 2.29. The fourth-order valence-electron chi connectivity index (χ4n) is 2.88. The molecule has 0 bridgehead atoms. The minimum atomic E-state index is 0.768. The predicted molar refractivity (Wildman–Crippen MR) is 75.4 cm³/mol. The molecule has 0 aliphatic heterocycles. The van der Waals surface area contributed by atoms with Crippen molar-refractivity contribution >= 4 is 0 Å². The minimum absolute atomic E-state index is 0.768. The van der Waals surface area contributed by atoms with Crippen LogP contribution in [0.5, 0.6) is 0 Å². The van der Waals surface area contributed by atoms with Gasteiger partial charge in [0, 0.05) is 25.0 Å². The number of hydrogen-bond acceptors (Lipinski definition) is 2. The molecular weight excluding hydrogens is 222 g/mol. The molecule has 1 aliphatic carbocycles. The van der Waals surface area contributed by atoms with Crippen LogP contribution in [-0.2, 0) is 6.54 Å². The molecule has 1 heterocycles. The highest BCUT2D eigenvalue weighted by atomic mass is 15.0. The Balaban J connectivity index is 1.53. The largest absolute Gasteiger partial charge is 0.337 e. The lowest BCUT2D eigenvalue weighted by atomic mass is 9.79. The summed E-state index contributed by atoms with van der Waals surface area (Å²) in [5, 5.41) is 3.73. The zero-order valence-corrected chi connectivity index (χ0v) is 11.8. The molecule has 18 heavy (non-hydrogen) atoms. The normalized spacial score (nSPS) is 28.4. The van der Waals surface area contributed by atoms with E-state index >= 15 is 0 Å². The van der Waals surface area contributed by atoms with E-state index in [0.717, 1.165) is 24.4 Å².